The second kappa shape index (κ2) is 4.58. The lowest BCUT2D eigenvalue weighted by molar-refractivity contribution is 0.00213. The maximum Gasteiger partial charge on any atom is 0.223 e. The molecule has 0 unspecified atom stereocenters. The van der Waals surface area contributed by atoms with Gasteiger partial charge in [0.15, 0.2) is 5.76 Å². The Morgan fingerprint density at radius 1 is 1.33 bits per heavy atom. The van der Waals surface area contributed by atoms with Gasteiger partial charge >= 0.3 is 0 Å². The Labute approximate surface area is 107 Å². The van der Waals surface area contributed by atoms with Crippen LogP contribution >= 0.6 is 0 Å². The molecule has 2 rings (SSSR count). The van der Waals surface area contributed by atoms with Crippen LogP contribution in [0.15, 0.2) is 28.7 Å². The van der Waals surface area contributed by atoms with Gasteiger partial charge in [-0.15, -0.1) is 0 Å². The normalized spacial score (nSPS) is 12.0. The SMILES string of the molecule is Cc1cccc2cc(C(=O)COC(C)(C)C)oc12. The van der Waals surface area contributed by atoms with E-state index >= 15 is 0 Å². The average molecular weight is 246 g/mol. The van der Waals surface area contributed by atoms with Crippen molar-refractivity contribution >= 4 is 16.8 Å². The van der Waals surface area contributed by atoms with Gasteiger partial charge < -0.3 is 9.15 Å². The number of para-hydroxylation sites is 1. The molecule has 0 spiro atoms. The van der Waals surface area contributed by atoms with Crippen LogP contribution in [0.4, 0.5) is 0 Å². The molecule has 2 aromatic rings. The van der Waals surface area contributed by atoms with Gasteiger partial charge in [0, 0.05) is 5.39 Å². The van der Waals surface area contributed by atoms with E-state index in [2.05, 4.69) is 0 Å². The van der Waals surface area contributed by atoms with E-state index in [0.29, 0.717) is 5.76 Å². The Hall–Kier alpha value is -1.61. The summed E-state index contributed by atoms with van der Waals surface area (Å²) in [4.78, 5) is 12.0. The number of fused-ring (bicyclic) bond motifs is 1. The fraction of sp³-hybridized carbons (Fsp3) is 0.400. The zero-order chi connectivity index (χ0) is 13.3. The van der Waals surface area contributed by atoms with Crippen LogP contribution in [0.25, 0.3) is 11.0 Å². The third-order valence-electron chi connectivity index (χ3n) is 2.65. The number of benzene rings is 1. The van der Waals surface area contributed by atoms with Gasteiger partial charge in [-0.2, -0.15) is 0 Å². The minimum absolute atomic E-state index is 0.0440. The number of hydrogen-bond donors (Lipinski definition) is 0. The van der Waals surface area contributed by atoms with E-state index in [1.54, 1.807) is 6.07 Å². The van der Waals surface area contributed by atoms with Crippen molar-refractivity contribution in [2.75, 3.05) is 6.61 Å². The van der Waals surface area contributed by atoms with Gasteiger partial charge in [0.1, 0.15) is 12.2 Å². The largest absolute Gasteiger partial charge is 0.453 e. The van der Waals surface area contributed by atoms with Crippen molar-refractivity contribution in [2.24, 2.45) is 0 Å². The summed E-state index contributed by atoms with van der Waals surface area (Å²) in [5.41, 5.74) is 1.48. The first kappa shape index (κ1) is 12.8. The van der Waals surface area contributed by atoms with Crippen molar-refractivity contribution in [1.29, 1.82) is 0 Å². The minimum Gasteiger partial charge on any atom is -0.453 e. The van der Waals surface area contributed by atoms with Gasteiger partial charge in [-0.3, -0.25) is 4.79 Å². The molecule has 1 aromatic heterocycles. The number of ether oxygens (including phenoxy) is 1. The van der Waals surface area contributed by atoms with Gasteiger partial charge in [-0.25, -0.2) is 0 Å². The van der Waals surface area contributed by atoms with Crippen LogP contribution in [-0.2, 0) is 4.74 Å². The van der Waals surface area contributed by atoms with E-state index in [4.69, 9.17) is 9.15 Å². The van der Waals surface area contributed by atoms with Crippen LogP contribution in [0.3, 0.4) is 0 Å². The highest BCUT2D eigenvalue weighted by Gasteiger charge is 2.17. The summed E-state index contributed by atoms with van der Waals surface area (Å²) in [6.07, 6.45) is 0. The zero-order valence-electron chi connectivity index (χ0n) is 11.2. The lowest BCUT2D eigenvalue weighted by atomic mass is 10.1. The van der Waals surface area contributed by atoms with Gasteiger partial charge in [-0.1, -0.05) is 18.2 Å². The minimum atomic E-state index is -0.322. The van der Waals surface area contributed by atoms with Gasteiger partial charge in [0.2, 0.25) is 5.78 Å². The molecule has 0 aliphatic heterocycles. The van der Waals surface area contributed by atoms with Crippen LogP contribution < -0.4 is 0 Å². The van der Waals surface area contributed by atoms with Crippen LogP contribution in [-0.4, -0.2) is 18.0 Å². The number of hydrogen-bond acceptors (Lipinski definition) is 3. The number of carbonyl (C=O) groups is 1. The molecule has 96 valence electrons. The third kappa shape index (κ3) is 2.79. The maximum atomic E-state index is 12.0. The second-order valence-electron chi connectivity index (χ2n) is 5.43. The zero-order valence-corrected chi connectivity index (χ0v) is 11.2. The van der Waals surface area contributed by atoms with Gasteiger partial charge in [-0.05, 0) is 39.3 Å². The van der Waals surface area contributed by atoms with Crippen molar-refractivity contribution in [1.82, 2.24) is 0 Å². The average Bonchev–Trinajstić information content (AvgIpc) is 2.70. The van der Waals surface area contributed by atoms with Crippen LogP contribution in [0.5, 0.6) is 0 Å². The highest BCUT2D eigenvalue weighted by Crippen LogP contribution is 2.23. The molecule has 0 radical (unpaired) electrons. The third-order valence-corrected chi connectivity index (χ3v) is 2.65. The smallest absolute Gasteiger partial charge is 0.223 e. The summed E-state index contributed by atoms with van der Waals surface area (Å²) in [7, 11) is 0. The number of aryl methyl sites for hydroxylation is 1. The van der Waals surface area contributed by atoms with Crippen LogP contribution in [0.2, 0.25) is 0 Å². The van der Waals surface area contributed by atoms with E-state index in [1.165, 1.54) is 0 Å². The summed E-state index contributed by atoms with van der Waals surface area (Å²) in [6, 6.07) is 7.63. The maximum absolute atomic E-state index is 12.0. The van der Waals surface area contributed by atoms with Crippen molar-refractivity contribution in [3.05, 3.63) is 35.6 Å². The number of carbonyl (C=O) groups excluding carboxylic acids is 1. The lowest BCUT2D eigenvalue weighted by Gasteiger charge is -2.18. The highest BCUT2D eigenvalue weighted by atomic mass is 16.5. The molecule has 0 saturated carbocycles. The topological polar surface area (TPSA) is 39.4 Å². The van der Waals surface area contributed by atoms with Crippen molar-refractivity contribution in [2.45, 2.75) is 33.3 Å². The first-order valence-electron chi connectivity index (χ1n) is 6.03. The Morgan fingerprint density at radius 2 is 2.06 bits per heavy atom. The second-order valence-corrected chi connectivity index (χ2v) is 5.43. The summed E-state index contributed by atoms with van der Waals surface area (Å²) < 4.78 is 11.1. The fourth-order valence-electron chi connectivity index (χ4n) is 1.70. The fourth-order valence-corrected chi connectivity index (χ4v) is 1.70. The molecule has 3 nitrogen and oxygen atoms in total. The summed E-state index contributed by atoms with van der Waals surface area (Å²) in [5.74, 6) is 0.240. The molecule has 0 N–H and O–H groups in total. The molecule has 1 aromatic carbocycles. The summed E-state index contributed by atoms with van der Waals surface area (Å²) >= 11 is 0. The molecule has 0 saturated heterocycles. The molecule has 0 bridgehead atoms. The monoisotopic (exact) mass is 246 g/mol. The number of rotatable bonds is 3. The standard InChI is InChI=1S/C15H18O3/c1-10-6-5-7-11-8-13(18-14(10)11)12(16)9-17-15(2,3)4/h5-8H,9H2,1-4H3. The summed E-state index contributed by atoms with van der Waals surface area (Å²) in [6.45, 7) is 7.77. The first-order chi connectivity index (χ1) is 8.37. The van der Waals surface area contributed by atoms with E-state index in [-0.39, 0.29) is 18.0 Å². The Morgan fingerprint density at radius 3 is 2.67 bits per heavy atom. The van der Waals surface area contributed by atoms with E-state index in [0.717, 1.165) is 16.5 Å². The molecular weight excluding hydrogens is 228 g/mol. The van der Waals surface area contributed by atoms with E-state index in [1.807, 2.05) is 45.9 Å². The molecular formula is C15H18O3. The van der Waals surface area contributed by atoms with Gasteiger partial charge in [0.05, 0.1) is 5.60 Å². The Balaban J connectivity index is 2.21. The van der Waals surface area contributed by atoms with Crippen molar-refractivity contribution in [3.63, 3.8) is 0 Å². The molecule has 1 heterocycles. The lowest BCUT2D eigenvalue weighted by Crippen LogP contribution is -2.23. The molecule has 0 aliphatic rings. The Bertz CT molecular complexity index is 573. The van der Waals surface area contributed by atoms with Crippen LogP contribution in [0.1, 0.15) is 36.9 Å². The molecule has 0 amide bonds. The number of furan rings is 1. The molecule has 0 fully saturated rings. The predicted molar refractivity (Wildman–Crippen MR) is 71.0 cm³/mol. The van der Waals surface area contributed by atoms with Crippen molar-refractivity contribution in [3.8, 4) is 0 Å². The van der Waals surface area contributed by atoms with Gasteiger partial charge in [0.25, 0.3) is 0 Å². The molecule has 0 aliphatic carbocycles. The summed E-state index contributed by atoms with van der Waals surface area (Å²) in [5, 5.41) is 0.953. The quantitative estimate of drug-likeness (QED) is 0.774. The molecule has 0 atom stereocenters. The van der Waals surface area contributed by atoms with E-state index in [9.17, 15) is 4.79 Å². The van der Waals surface area contributed by atoms with E-state index < -0.39 is 0 Å². The molecule has 3 heteroatoms. The van der Waals surface area contributed by atoms with Crippen LogP contribution in [0, 0.1) is 6.92 Å². The number of ketones is 1. The Kier molecular flexibility index (Phi) is 3.26. The predicted octanol–water partition coefficient (Wildman–Crippen LogP) is 3.74. The first-order valence-corrected chi connectivity index (χ1v) is 6.03. The molecule has 18 heavy (non-hydrogen) atoms. The number of Topliss-reactive ketones (excluding diaryl/α,β-unsaturated/α-hetero) is 1. The van der Waals surface area contributed by atoms with Crippen molar-refractivity contribution < 1.29 is 13.9 Å². The highest BCUT2D eigenvalue weighted by molar-refractivity contribution is 5.98.